The largest absolute Gasteiger partial charge is 0.461 e. The zero-order valence-corrected chi connectivity index (χ0v) is 17.1. The van der Waals surface area contributed by atoms with Gasteiger partial charge in [0.05, 0.1) is 18.3 Å². The Kier molecular flexibility index (Phi) is 4.96. The van der Waals surface area contributed by atoms with E-state index < -0.39 is 11.6 Å². The number of fused-ring (bicyclic) bond motifs is 3. The lowest BCUT2D eigenvalue weighted by Gasteiger charge is -2.14. The molecular weight excluding hydrogens is 398 g/mol. The molecule has 0 saturated carbocycles. The van der Waals surface area contributed by atoms with Gasteiger partial charge in [-0.25, -0.2) is 4.79 Å². The van der Waals surface area contributed by atoms with Crippen molar-refractivity contribution < 1.29 is 23.5 Å². The SMILES string of the molecule is O=C(CCN1C(=O)[C@H]2CC=CC[C@@H]2C1=O)OCc1cc(=O)oc2cc3c(cc12)CCC3. The highest BCUT2D eigenvalue weighted by molar-refractivity contribution is 6.05. The first-order chi connectivity index (χ1) is 15.0. The van der Waals surface area contributed by atoms with Gasteiger partial charge in [-0.3, -0.25) is 19.3 Å². The molecule has 2 aromatic rings. The van der Waals surface area contributed by atoms with Gasteiger partial charge in [0.2, 0.25) is 11.8 Å². The van der Waals surface area contributed by atoms with Crippen molar-refractivity contribution in [2.45, 2.75) is 45.1 Å². The summed E-state index contributed by atoms with van der Waals surface area (Å²) in [6.07, 6.45) is 7.97. The fraction of sp³-hybridized carbons (Fsp3) is 0.417. The number of carbonyl (C=O) groups excluding carboxylic acids is 3. The molecule has 5 rings (SSSR count). The third-order valence-electron chi connectivity index (χ3n) is 6.57. The van der Waals surface area contributed by atoms with Crippen molar-refractivity contribution in [3.05, 3.63) is 57.5 Å². The minimum atomic E-state index is -0.517. The van der Waals surface area contributed by atoms with Crippen molar-refractivity contribution in [1.29, 1.82) is 0 Å². The second-order valence-corrected chi connectivity index (χ2v) is 8.46. The van der Waals surface area contributed by atoms with Gasteiger partial charge in [-0.1, -0.05) is 12.2 Å². The minimum Gasteiger partial charge on any atom is -0.461 e. The molecule has 2 atom stereocenters. The lowest BCUT2D eigenvalue weighted by atomic mass is 9.85. The molecule has 1 aromatic heterocycles. The Morgan fingerprint density at radius 3 is 2.39 bits per heavy atom. The molecule has 0 unspecified atom stereocenters. The van der Waals surface area contributed by atoms with Gasteiger partial charge in [-0.15, -0.1) is 0 Å². The summed E-state index contributed by atoms with van der Waals surface area (Å²) >= 11 is 0. The molecule has 1 fully saturated rings. The van der Waals surface area contributed by atoms with Crippen molar-refractivity contribution in [1.82, 2.24) is 4.90 Å². The normalized spacial score (nSPS) is 22.1. The monoisotopic (exact) mass is 421 g/mol. The number of imide groups is 1. The Balaban J connectivity index is 1.24. The fourth-order valence-corrected chi connectivity index (χ4v) is 4.94. The molecule has 31 heavy (non-hydrogen) atoms. The summed E-state index contributed by atoms with van der Waals surface area (Å²) in [7, 11) is 0. The average Bonchev–Trinajstić information content (AvgIpc) is 3.31. The van der Waals surface area contributed by atoms with Gasteiger partial charge >= 0.3 is 11.6 Å². The Hall–Kier alpha value is -3.22. The summed E-state index contributed by atoms with van der Waals surface area (Å²) in [5.74, 6) is -1.52. The number of hydrogen-bond acceptors (Lipinski definition) is 6. The standard InChI is InChI=1S/C24H23NO6/c26-21(8-9-25-23(28)17-6-1-2-7-18(17)24(25)29)30-13-16-12-22(27)31-20-11-15-5-3-4-14(15)10-19(16)20/h1-2,10-12,17-18H,3-9,13H2/t17-,18-/m0/s1. The van der Waals surface area contributed by atoms with Crippen molar-refractivity contribution >= 4 is 28.8 Å². The molecule has 1 aromatic carbocycles. The first-order valence-electron chi connectivity index (χ1n) is 10.8. The number of aryl methyl sites for hydroxylation is 2. The quantitative estimate of drug-likeness (QED) is 0.319. The molecule has 3 aliphatic rings. The van der Waals surface area contributed by atoms with Crippen molar-refractivity contribution in [3.63, 3.8) is 0 Å². The molecule has 0 spiro atoms. The summed E-state index contributed by atoms with van der Waals surface area (Å²) in [6.45, 7) is -0.0362. The Labute approximate surface area is 178 Å². The van der Waals surface area contributed by atoms with Gasteiger partial charge in [-0.05, 0) is 55.4 Å². The van der Waals surface area contributed by atoms with Gasteiger partial charge in [-0.2, -0.15) is 0 Å². The number of amides is 2. The van der Waals surface area contributed by atoms with Crippen LogP contribution in [0.15, 0.2) is 39.6 Å². The Morgan fingerprint density at radius 2 is 1.68 bits per heavy atom. The van der Waals surface area contributed by atoms with E-state index in [0.29, 0.717) is 24.0 Å². The Bertz CT molecular complexity index is 1150. The van der Waals surface area contributed by atoms with Crippen LogP contribution >= 0.6 is 0 Å². The lowest BCUT2D eigenvalue weighted by Crippen LogP contribution is -2.33. The van der Waals surface area contributed by atoms with Crippen LogP contribution in [0.2, 0.25) is 0 Å². The van der Waals surface area contributed by atoms with Crippen molar-refractivity contribution in [3.8, 4) is 0 Å². The van der Waals surface area contributed by atoms with Crippen LogP contribution in [0, 0.1) is 11.8 Å². The first kappa shape index (κ1) is 19.7. The van der Waals surface area contributed by atoms with E-state index in [2.05, 4.69) is 0 Å². The van der Waals surface area contributed by atoms with E-state index in [9.17, 15) is 19.2 Å². The molecule has 0 N–H and O–H groups in total. The summed E-state index contributed by atoms with van der Waals surface area (Å²) in [5.41, 5.74) is 3.04. The zero-order chi connectivity index (χ0) is 21.5. The minimum absolute atomic E-state index is 0.0225. The van der Waals surface area contributed by atoms with E-state index in [-0.39, 0.29) is 43.2 Å². The lowest BCUT2D eigenvalue weighted by molar-refractivity contribution is -0.146. The third-order valence-corrected chi connectivity index (χ3v) is 6.57. The summed E-state index contributed by atoms with van der Waals surface area (Å²) < 4.78 is 10.7. The molecule has 0 bridgehead atoms. The van der Waals surface area contributed by atoms with E-state index in [0.717, 1.165) is 24.6 Å². The van der Waals surface area contributed by atoms with Gasteiger partial charge in [0.25, 0.3) is 0 Å². The highest BCUT2D eigenvalue weighted by Gasteiger charge is 2.46. The number of nitrogens with zero attached hydrogens (tertiary/aromatic N) is 1. The maximum atomic E-state index is 12.5. The smallest absolute Gasteiger partial charge is 0.336 e. The van der Waals surface area contributed by atoms with Crippen LogP contribution in [-0.2, 0) is 38.6 Å². The van der Waals surface area contributed by atoms with Gasteiger partial charge < -0.3 is 9.15 Å². The summed E-state index contributed by atoms with van der Waals surface area (Å²) in [6, 6.07) is 5.27. The molecule has 2 amide bonds. The molecule has 1 saturated heterocycles. The molecular formula is C24H23NO6. The second kappa shape index (κ2) is 7.80. The van der Waals surface area contributed by atoms with Crippen LogP contribution in [0.5, 0.6) is 0 Å². The van der Waals surface area contributed by atoms with E-state index in [4.69, 9.17) is 9.15 Å². The summed E-state index contributed by atoms with van der Waals surface area (Å²) in [5, 5.41) is 0.773. The van der Waals surface area contributed by atoms with Gasteiger partial charge in [0.15, 0.2) is 0 Å². The van der Waals surface area contributed by atoms with Crippen LogP contribution in [-0.4, -0.2) is 29.2 Å². The van der Waals surface area contributed by atoms with Crippen LogP contribution in [0.1, 0.15) is 42.4 Å². The number of allylic oxidation sites excluding steroid dienone is 2. The van der Waals surface area contributed by atoms with Crippen LogP contribution in [0.3, 0.4) is 0 Å². The van der Waals surface area contributed by atoms with Crippen LogP contribution in [0.25, 0.3) is 11.0 Å². The third kappa shape index (κ3) is 3.58. The van der Waals surface area contributed by atoms with E-state index >= 15 is 0 Å². The number of rotatable bonds is 5. The molecule has 2 aliphatic carbocycles. The number of ether oxygens (including phenoxy) is 1. The number of likely N-dealkylation sites (tertiary alicyclic amines) is 1. The van der Waals surface area contributed by atoms with E-state index in [1.165, 1.54) is 22.1 Å². The van der Waals surface area contributed by atoms with Crippen molar-refractivity contribution in [2.24, 2.45) is 11.8 Å². The van der Waals surface area contributed by atoms with Crippen LogP contribution in [0.4, 0.5) is 0 Å². The number of carbonyl (C=O) groups is 3. The first-order valence-corrected chi connectivity index (χ1v) is 10.8. The molecule has 7 heteroatoms. The fourth-order valence-electron chi connectivity index (χ4n) is 4.94. The molecule has 160 valence electrons. The maximum absolute atomic E-state index is 12.5. The predicted octanol–water partition coefficient (Wildman–Crippen LogP) is 2.67. The highest BCUT2D eigenvalue weighted by Crippen LogP contribution is 2.35. The highest BCUT2D eigenvalue weighted by atomic mass is 16.5. The van der Waals surface area contributed by atoms with E-state index in [1.54, 1.807) is 0 Å². The average molecular weight is 421 g/mol. The van der Waals surface area contributed by atoms with E-state index in [1.807, 2.05) is 24.3 Å². The topological polar surface area (TPSA) is 93.9 Å². The van der Waals surface area contributed by atoms with Gasteiger partial charge in [0.1, 0.15) is 12.2 Å². The maximum Gasteiger partial charge on any atom is 0.336 e. The molecule has 7 nitrogen and oxygen atoms in total. The van der Waals surface area contributed by atoms with Gasteiger partial charge in [0, 0.05) is 23.6 Å². The number of benzene rings is 1. The molecule has 0 radical (unpaired) electrons. The van der Waals surface area contributed by atoms with Crippen LogP contribution < -0.4 is 5.63 Å². The second-order valence-electron chi connectivity index (χ2n) is 8.46. The Morgan fingerprint density at radius 1 is 1.00 bits per heavy atom. The molecule has 1 aliphatic heterocycles. The number of hydrogen-bond donors (Lipinski definition) is 0. The van der Waals surface area contributed by atoms with Crippen molar-refractivity contribution in [2.75, 3.05) is 6.54 Å². The predicted molar refractivity (Wildman–Crippen MR) is 111 cm³/mol. The summed E-state index contributed by atoms with van der Waals surface area (Å²) in [4.78, 5) is 50.5. The number of esters is 1. The zero-order valence-electron chi connectivity index (χ0n) is 17.1. The molecule has 2 heterocycles.